The molecule has 3 aromatic rings. The largest absolute Gasteiger partial charge is 0.412 e. The van der Waals surface area contributed by atoms with E-state index < -0.39 is 16.4 Å². The average Bonchev–Trinajstić information content (AvgIpc) is 2.62. The first-order chi connectivity index (χ1) is 12.4. The molecule has 10 heteroatoms. The topological polar surface area (TPSA) is 123 Å². The van der Waals surface area contributed by atoms with Gasteiger partial charge in [0.2, 0.25) is 5.95 Å². The van der Waals surface area contributed by atoms with Gasteiger partial charge in [-0.05, 0) is 24.3 Å². The normalized spacial score (nSPS) is 11.5. The molecular weight excluding hydrogens is 360 g/mol. The van der Waals surface area contributed by atoms with E-state index in [0.29, 0.717) is 11.1 Å². The van der Waals surface area contributed by atoms with Crippen molar-refractivity contribution in [3.63, 3.8) is 0 Å². The molecule has 1 aromatic carbocycles. The Morgan fingerprint density at radius 1 is 1.27 bits per heavy atom. The lowest BCUT2D eigenvalue weighted by atomic mass is 10.3. The average molecular weight is 376 g/mol. The molecule has 3 rings (SSSR count). The molecule has 0 aliphatic carbocycles. The fraction of sp³-hybridized carbons (Fsp3) is 0.188. The highest BCUT2D eigenvalue weighted by Gasteiger charge is 2.14. The van der Waals surface area contributed by atoms with Crippen LogP contribution in [-0.4, -0.2) is 47.7 Å². The Balaban J connectivity index is 1.98. The van der Waals surface area contributed by atoms with Crippen LogP contribution < -0.4 is 15.7 Å². The van der Waals surface area contributed by atoms with Gasteiger partial charge in [0.25, 0.3) is 5.56 Å². The van der Waals surface area contributed by atoms with Crippen LogP contribution in [0.25, 0.3) is 11.0 Å². The lowest BCUT2D eigenvalue weighted by molar-refractivity contribution is 0.167. The van der Waals surface area contributed by atoms with E-state index in [4.69, 9.17) is 9.94 Å². The SMILES string of the molecule is COn1c(=O)ccc2cnc(Nc3cccc(S(=O)(=O)CCO)c3)nc21. The Morgan fingerprint density at radius 2 is 2.08 bits per heavy atom. The van der Waals surface area contributed by atoms with Gasteiger partial charge >= 0.3 is 0 Å². The molecule has 0 radical (unpaired) electrons. The van der Waals surface area contributed by atoms with Crippen LogP contribution in [0, 0.1) is 0 Å². The molecule has 0 atom stereocenters. The van der Waals surface area contributed by atoms with Gasteiger partial charge in [-0.2, -0.15) is 4.98 Å². The van der Waals surface area contributed by atoms with Gasteiger partial charge in [-0.3, -0.25) is 4.79 Å². The maximum atomic E-state index is 12.1. The van der Waals surface area contributed by atoms with Crippen LogP contribution in [0.15, 0.2) is 52.3 Å². The van der Waals surface area contributed by atoms with Crippen molar-refractivity contribution in [3.05, 3.63) is 52.9 Å². The summed E-state index contributed by atoms with van der Waals surface area (Å²) in [7, 11) is -2.22. The Bertz CT molecular complexity index is 1110. The zero-order chi connectivity index (χ0) is 18.7. The van der Waals surface area contributed by atoms with Crippen molar-refractivity contribution in [1.82, 2.24) is 14.7 Å². The number of pyridine rings is 1. The lowest BCUT2D eigenvalue weighted by Gasteiger charge is -2.10. The minimum atomic E-state index is -3.57. The van der Waals surface area contributed by atoms with Crippen LogP contribution in [0.5, 0.6) is 0 Å². The Morgan fingerprint density at radius 3 is 2.81 bits per heavy atom. The maximum absolute atomic E-state index is 12.1. The van der Waals surface area contributed by atoms with Crippen LogP contribution in [0.3, 0.4) is 0 Å². The van der Waals surface area contributed by atoms with Gasteiger partial charge in [0, 0.05) is 23.3 Å². The molecule has 0 spiro atoms. The molecule has 0 fully saturated rings. The van der Waals surface area contributed by atoms with Gasteiger partial charge in [-0.25, -0.2) is 13.4 Å². The van der Waals surface area contributed by atoms with Crippen molar-refractivity contribution in [1.29, 1.82) is 0 Å². The molecule has 0 saturated heterocycles. The zero-order valence-corrected chi connectivity index (χ0v) is 14.6. The highest BCUT2D eigenvalue weighted by molar-refractivity contribution is 7.91. The quantitative estimate of drug-likeness (QED) is 0.632. The summed E-state index contributed by atoms with van der Waals surface area (Å²) >= 11 is 0. The molecule has 2 N–H and O–H groups in total. The molecule has 0 saturated carbocycles. The standard InChI is InChI=1S/C16H16N4O5S/c1-25-20-14(22)6-5-11-10-17-16(19-15(11)20)18-12-3-2-4-13(9-12)26(23,24)8-7-21/h2-6,9-10,21H,7-8H2,1H3,(H,17,18,19). The van der Waals surface area contributed by atoms with Crippen molar-refractivity contribution in [2.24, 2.45) is 0 Å². The van der Waals surface area contributed by atoms with Crippen molar-refractivity contribution in [2.75, 3.05) is 24.8 Å². The highest BCUT2D eigenvalue weighted by Crippen LogP contribution is 2.20. The van der Waals surface area contributed by atoms with E-state index in [1.807, 2.05) is 0 Å². The molecule has 26 heavy (non-hydrogen) atoms. The number of aliphatic hydroxyl groups excluding tert-OH is 1. The smallest absolute Gasteiger partial charge is 0.285 e. The fourth-order valence-electron chi connectivity index (χ4n) is 2.37. The summed E-state index contributed by atoms with van der Waals surface area (Å²) in [5.74, 6) is -0.186. The summed E-state index contributed by atoms with van der Waals surface area (Å²) in [5, 5.41) is 12.4. The number of nitrogens with zero attached hydrogens (tertiary/aromatic N) is 3. The van der Waals surface area contributed by atoms with Crippen molar-refractivity contribution in [3.8, 4) is 0 Å². The van der Waals surface area contributed by atoms with Crippen molar-refractivity contribution < 1.29 is 18.4 Å². The molecule has 0 aliphatic rings. The van der Waals surface area contributed by atoms with Gasteiger partial charge in [0.1, 0.15) is 7.11 Å². The van der Waals surface area contributed by atoms with Gasteiger partial charge < -0.3 is 15.3 Å². The van der Waals surface area contributed by atoms with Gasteiger partial charge in [-0.15, -0.1) is 4.73 Å². The molecule has 136 valence electrons. The van der Waals surface area contributed by atoms with Crippen LogP contribution in [-0.2, 0) is 9.84 Å². The second-order valence-corrected chi connectivity index (χ2v) is 7.43. The maximum Gasteiger partial charge on any atom is 0.285 e. The fourth-order valence-corrected chi connectivity index (χ4v) is 3.44. The highest BCUT2D eigenvalue weighted by atomic mass is 32.2. The van der Waals surface area contributed by atoms with Crippen LogP contribution >= 0.6 is 0 Å². The first kappa shape index (κ1) is 17.8. The lowest BCUT2D eigenvalue weighted by Crippen LogP contribution is -2.25. The zero-order valence-electron chi connectivity index (χ0n) is 13.8. The predicted molar refractivity (Wildman–Crippen MR) is 95.2 cm³/mol. The van der Waals surface area contributed by atoms with Gasteiger partial charge in [-0.1, -0.05) is 6.07 Å². The van der Waals surface area contributed by atoms with E-state index in [1.165, 1.54) is 31.5 Å². The first-order valence-electron chi connectivity index (χ1n) is 7.58. The third-order valence-electron chi connectivity index (χ3n) is 3.59. The number of sulfone groups is 1. The predicted octanol–water partition coefficient (Wildman–Crippen LogP) is 0.359. The van der Waals surface area contributed by atoms with E-state index in [2.05, 4.69) is 15.3 Å². The Hall–Kier alpha value is -2.98. The number of rotatable bonds is 6. The molecule has 2 heterocycles. The second-order valence-electron chi connectivity index (χ2n) is 5.32. The third-order valence-corrected chi connectivity index (χ3v) is 5.28. The first-order valence-corrected chi connectivity index (χ1v) is 9.24. The third kappa shape index (κ3) is 3.51. The van der Waals surface area contributed by atoms with Gasteiger partial charge in [0.15, 0.2) is 15.5 Å². The van der Waals surface area contributed by atoms with Crippen LogP contribution in [0.1, 0.15) is 0 Å². The van der Waals surface area contributed by atoms with Crippen molar-refractivity contribution in [2.45, 2.75) is 4.90 Å². The summed E-state index contributed by atoms with van der Waals surface area (Å²) in [5.41, 5.74) is 0.355. The van der Waals surface area contributed by atoms with E-state index in [9.17, 15) is 13.2 Å². The molecule has 9 nitrogen and oxygen atoms in total. The van der Waals surface area contributed by atoms with Crippen LogP contribution in [0.4, 0.5) is 11.6 Å². The number of nitrogens with one attached hydrogen (secondary N) is 1. The number of aliphatic hydroxyl groups is 1. The monoisotopic (exact) mass is 376 g/mol. The molecule has 0 unspecified atom stereocenters. The summed E-state index contributed by atoms with van der Waals surface area (Å²) in [6.07, 6.45) is 1.52. The molecule has 2 aromatic heterocycles. The number of anilines is 2. The van der Waals surface area contributed by atoms with Gasteiger partial charge in [0.05, 0.1) is 17.3 Å². The van der Waals surface area contributed by atoms with E-state index in [1.54, 1.807) is 18.2 Å². The molecule has 0 amide bonds. The molecule has 0 bridgehead atoms. The number of hydrogen-bond acceptors (Lipinski definition) is 8. The minimum Gasteiger partial charge on any atom is -0.412 e. The molecular formula is C16H16N4O5S. The molecule has 0 aliphatic heterocycles. The van der Waals surface area contributed by atoms with Crippen molar-refractivity contribution >= 4 is 32.5 Å². The number of aromatic nitrogens is 3. The second kappa shape index (κ2) is 7.10. The summed E-state index contributed by atoms with van der Waals surface area (Å²) in [6, 6.07) is 9.02. The van der Waals surface area contributed by atoms with E-state index in [-0.39, 0.29) is 27.8 Å². The minimum absolute atomic E-state index is 0.0751. The Kier molecular flexibility index (Phi) is 4.87. The summed E-state index contributed by atoms with van der Waals surface area (Å²) in [6.45, 7) is -0.456. The summed E-state index contributed by atoms with van der Waals surface area (Å²) in [4.78, 5) is 25.3. The Labute approximate surface area is 148 Å². The number of hydrogen-bond donors (Lipinski definition) is 2. The number of benzene rings is 1. The summed E-state index contributed by atoms with van der Waals surface area (Å²) < 4.78 is 25.2. The number of fused-ring (bicyclic) bond motifs is 1. The van der Waals surface area contributed by atoms with E-state index in [0.717, 1.165) is 4.73 Å². The van der Waals surface area contributed by atoms with Crippen LogP contribution in [0.2, 0.25) is 0 Å². The van der Waals surface area contributed by atoms with E-state index >= 15 is 0 Å².